The normalized spacial score (nSPS) is 12.5. The SMILES string of the molecule is COc1ccc(OC)c(-n2nnnc2SCC(=O)c2ccc3c(c2)OCCO3)c1. The molecule has 0 unspecified atom stereocenters. The first-order chi connectivity index (χ1) is 14.2. The molecule has 0 spiro atoms. The second-order valence-electron chi connectivity index (χ2n) is 5.98. The van der Waals surface area contributed by atoms with Crippen LogP contribution in [0.1, 0.15) is 10.4 Å². The Kier molecular flexibility index (Phi) is 5.52. The van der Waals surface area contributed by atoms with Crippen LogP contribution in [-0.4, -0.2) is 59.2 Å². The first kappa shape index (κ1) is 19.1. The Labute approximate surface area is 170 Å². The molecule has 0 fully saturated rings. The number of hydrogen-bond acceptors (Lipinski definition) is 9. The maximum atomic E-state index is 12.7. The van der Waals surface area contributed by atoms with Crippen molar-refractivity contribution in [3.8, 4) is 28.7 Å². The predicted octanol–water partition coefficient (Wildman–Crippen LogP) is 2.43. The monoisotopic (exact) mass is 414 g/mol. The molecular formula is C19H18N4O5S. The van der Waals surface area contributed by atoms with E-state index in [1.807, 2.05) is 0 Å². The number of Topliss-reactive ketones (excluding diaryl/α,β-unsaturated/α-hetero) is 1. The summed E-state index contributed by atoms with van der Waals surface area (Å²) in [5.74, 6) is 2.54. The molecule has 3 aromatic rings. The van der Waals surface area contributed by atoms with Gasteiger partial charge in [-0.05, 0) is 40.8 Å². The topological polar surface area (TPSA) is 97.6 Å². The number of methoxy groups -OCH3 is 2. The highest BCUT2D eigenvalue weighted by Crippen LogP contribution is 2.32. The number of benzene rings is 2. The van der Waals surface area contributed by atoms with Crippen LogP contribution in [0, 0.1) is 0 Å². The Morgan fingerprint density at radius 1 is 1.10 bits per heavy atom. The molecule has 4 rings (SSSR count). The lowest BCUT2D eigenvalue weighted by Gasteiger charge is -2.18. The Bertz CT molecular complexity index is 1040. The maximum absolute atomic E-state index is 12.7. The zero-order valence-electron chi connectivity index (χ0n) is 15.8. The van der Waals surface area contributed by atoms with Gasteiger partial charge in [-0.15, -0.1) is 5.10 Å². The molecule has 0 N–H and O–H groups in total. The lowest BCUT2D eigenvalue weighted by atomic mass is 10.1. The second kappa shape index (κ2) is 8.39. The molecule has 0 saturated heterocycles. The molecule has 2 heterocycles. The number of aromatic nitrogens is 4. The van der Waals surface area contributed by atoms with Crippen molar-refractivity contribution in [1.82, 2.24) is 20.2 Å². The number of thioether (sulfide) groups is 1. The summed E-state index contributed by atoms with van der Waals surface area (Å²) in [6.45, 7) is 0.975. The van der Waals surface area contributed by atoms with Crippen molar-refractivity contribution in [2.75, 3.05) is 33.2 Å². The zero-order valence-corrected chi connectivity index (χ0v) is 16.6. The fourth-order valence-electron chi connectivity index (χ4n) is 2.81. The van der Waals surface area contributed by atoms with Gasteiger partial charge in [0.1, 0.15) is 30.4 Å². The smallest absolute Gasteiger partial charge is 0.214 e. The molecule has 1 aliphatic rings. The molecule has 150 valence electrons. The van der Waals surface area contributed by atoms with Crippen molar-refractivity contribution in [2.24, 2.45) is 0 Å². The van der Waals surface area contributed by atoms with E-state index in [9.17, 15) is 4.79 Å². The van der Waals surface area contributed by atoms with E-state index < -0.39 is 0 Å². The quantitative estimate of drug-likeness (QED) is 0.426. The number of carbonyl (C=O) groups excluding carboxylic acids is 1. The van der Waals surface area contributed by atoms with Crippen LogP contribution in [-0.2, 0) is 0 Å². The Morgan fingerprint density at radius 3 is 2.72 bits per heavy atom. The largest absolute Gasteiger partial charge is 0.497 e. The molecule has 0 atom stereocenters. The van der Waals surface area contributed by atoms with E-state index in [0.717, 1.165) is 0 Å². The summed E-state index contributed by atoms with van der Waals surface area (Å²) in [5.41, 5.74) is 1.16. The number of rotatable bonds is 7. The highest BCUT2D eigenvalue weighted by atomic mass is 32.2. The summed E-state index contributed by atoms with van der Waals surface area (Å²) in [6, 6.07) is 10.5. The third kappa shape index (κ3) is 3.97. The van der Waals surface area contributed by atoms with Gasteiger partial charge in [0.25, 0.3) is 0 Å². The van der Waals surface area contributed by atoms with Gasteiger partial charge >= 0.3 is 0 Å². The standard InChI is InChI=1S/C19H18N4O5S/c1-25-13-4-6-16(26-2)14(10-13)23-19(20-21-22-23)29-11-15(24)12-3-5-17-18(9-12)28-8-7-27-17/h3-6,9-10H,7-8,11H2,1-2H3. The molecule has 2 aromatic carbocycles. The average Bonchev–Trinajstić information content (AvgIpc) is 3.25. The van der Waals surface area contributed by atoms with Crippen LogP contribution in [0.4, 0.5) is 0 Å². The summed E-state index contributed by atoms with van der Waals surface area (Å²) in [5, 5.41) is 12.3. The molecule has 0 aliphatic carbocycles. The van der Waals surface area contributed by atoms with E-state index in [1.54, 1.807) is 50.6 Å². The van der Waals surface area contributed by atoms with E-state index in [2.05, 4.69) is 15.5 Å². The molecule has 29 heavy (non-hydrogen) atoms. The van der Waals surface area contributed by atoms with Crippen LogP contribution in [0.5, 0.6) is 23.0 Å². The summed E-state index contributed by atoms with van der Waals surface area (Å²) >= 11 is 1.23. The molecule has 1 aliphatic heterocycles. The Hall–Kier alpha value is -3.27. The van der Waals surface area contributed by atoms with Gasteiger partial charge in [0.15, 0.2) is 17.3 Å². The molecule has 0 saturated carbocycles. The molecule has 0 amide bonds. The molecule has 0 bridgehead atoms. The van der Waals surface area contributed by atoms with Gasteiger partial charge in [-0.2, -0.15) is 4.68 Å². The minimum atomic E-state index is -0.0702. The van der Waals surface area contributed by atoms with Gasteiger partial charge in [-0.3, -0.25) is 4.79 Å². The van der Waals surface area contributed by atoms with Gasteiger partial charge < -0.3 is 18.9 Å². The van der Waals surface area contributed by atoms with Crippen molar-refractivity contribution in [3.05, 3.63) is 42.0 Å². The first-order valence-corrected chi connectivity index (χ1v) is 9.74. The molecule has 10 heteroatoms. The summed E-state index contributed by atoms with van der Waals surface area (Å²) in [7, 11) is 3.14. The highest BCUT2D eigenvalue weighted by molar-refractivity contribution is 7.99. The number of carbonyl (C=O) groups is 1. The summed E-state index contributed by atoms with van der Waals surface area (Å²) in [6.07, 6.45) is 0. The van der Waals surface area contributed by atoms with Gasteiger partial charge in [0, 0.05) is 11.6 Å². The van der Waals surface area contributed by atoms with Crippen molar-refractivity contribution in [2.45, 2.75) is 5.16 Å². The molecule has 9 nitrogen and oxygen atoms in total. The highest BCUT2D eigenvalue weighted by Gasteiger charge is 2.18. The van der Waals surface area contributed by atoms with E-state index in [0.29, 0.717) is 52.6 Å². The minimum absolute atomic E-state index is 0.0702. The number of ether oxygens (including phenoxy) is 4. The molecule has 1 aromatic heterocycles. The van der Waals surface area contributed by atoms with Crippen molar-refractivity contribution < 1.29 is 23.7 Å². The van der Waals surface area contributed by atoms with Gasteiger partial charge in [0.05, 0.1) is 20.0 Å². The lowest BCUT2D eigenvalue weighted by molar-refractivity contribution is 0.102. The van der Waals surface area contributed by atoms with Crippen LogP contribution in [0.25, 0.3) is 5.69 Å². The Balaban J connectivity index is 1.52. The minimum Gasteiger partial charge on any atom is -0.497 e. The number of fused-ring (bicyclic) bond motifs is 1. The molecule has 0 radical (unpaired) electrons. The predicted molar refractivity (Wildman–Crippen MR) is 105 cm³/mol. The maximum Gasteiger partial charge on any atom is 0.214 e. The van der Waals surface area contributed by atoms with Crippen molar-refractivity contribution >= 4 is 17.5 Å². The van der Waals surface area contributed by atoms with Gasteiger partial charge in [-0.1, -0.05) is 11.8 Å². The van der Waals surface area contributed by atoms with Crippen LogP contribution in [0.2, 0.25) is 0 Å². The number of nitrogens with zero attached hydrogens (tertiary/aromatic N) is 4. The first-order valence-electron chi connectivity index (χ1n) is 8.76. The summed E-state index contributed by atoms with van der Waals surface area (Å²) < 4.78 is 23.2. The van der Waals surface area contributed by atoms with Crippen molar-refractivity contribution in [3.63, 3.8) is 0 Å². The number of hydrogen-bond donors (Lipinski definition) is 0. The number of tetrazole rings is 1. The number of ketones is 1. The fourth-order valence-corrected chi connectivity index (χ4v) is 3.59. The zero-order chi connectivity index (χ0) is 20.2. The van der Waals surface area contributed by atoms with E-state index >= 15 is 0 Å². The third-order valence-corrected chi connectivity index (χ3v) is 5.17. The van der Waals surface area contributed by atoms with Crippen molar-refractivity contribution in [1.29, 1.82) is 0 Å². The van der Waals surface area contributed by atoms with Gasteiger partial charge in [0.2, 0.25) is 5.16 Å². The molecular weight excluding hydrogens is 396 g/mol. The van der Waals surface area contributed by atoms with Crippen LogP contribution in [0.15, 0.2) is 41.6 Å². The van der Waals surface area contributed by atoms with Crippen LogP contribution < -0.4 is 18.9 Å². The van der Waals surface area contributed by atoms with Crippen LogP contribution >= 0.6 is 11.8 Å². The Morgan fingerprint density at radius 2 is 1.93 bits per heavy atom. The third-order valence-electron chi connectivity index (χ3n) is 4.25. The van der Waals surface area contributed by atoms with E-state index in [4.69, 9.17) is 18.9 Å². The van der Waals surface area contributed by atoms with Gasteiger partial charge in [-0.25, -0.2) is 0 Å². The average molecular weight is 414 g/mol. The second-order valence-corrected chi connectivity index (χ2v) is 6.92. The summed E-state index contributed by atoms with van der Waals surface area (Å²) in [4.78, 5) is 12.7. The van der Waals surface area contributed by atoms with E-state index in [1.165, 1.54) is 16.4 Å². The van der Waals surface area contributed by atoms with Crippen LogP contribution in [0.3, 0.4) is 0 Å². The van der Waals surface area contributed by atoms with E-state index in [-0.39, 0.29) is 11.5 Å². The lowest BCUT2D eigenvalue weighted by Crippen LogP contribution is -2.16. The fraction of sp³-hybridized carbons (Fsp3) is 0.263.